The molecule has 0 bridgehead atoms. The lowest BCUT2D eigenvalue weighted by Crippen LogP contribution is -2.13. The standard InChI is InChI=1S/C12H16F3N5OS/c1-6(7-16-8(19-21-7)11(2,3)4)22-10-18-17-9(20(10)5)12(13,14)15/h6H,1-5H3/t6-/m0/s1. The molecule has 2 aromatic heterocycles. The third kappa shape index (κ3) is 3.42. The molecule has 10 heteroatoms. The van der Waals surface area contributed by atoms with Gasteiger partial charge >= 0.3 is 6.18 Å². The molecule has 2 rings (SSSR count). The zero-order valence-electron chi connectivity index (χ0n) is 12.8. The van der Waals surface area contributed by atoms with Gasteiger partial charge < -0.3 is 9.09 Å². The lowest BCUT2D eigenvalue weighted by Gasteiger charge is -2.11. The van der Waals surface area contributed by atoms with Gasteiger partial charge in [0, 0.05) is 12.5 Å². The van der Waals surface area contributed by atoms with Crippen molar-refractivity contribution in [3.05, 3.63) is 17.5 Å². The van der Waals surface area contributed by atoms with Gasteiger partial charge in [0.15, 0.2) is 11.0 Å². The first kappa shape index (κ1) is 16.8. The molecule has 2 aromatic rings. The van der Waals surface area contributed by atoms with Crippen LogP contribution in [0.5, 0.6) is 0 Å². The highest BCUT2D eigenvalue weighted by Crippen LogP contribution is 2.36. The average Bonchev–Trinajstić information content (AvgIpc) is 2.95. The maximum absolute atomic E-state index is 12.7. The molecule has 0 aliphatic rings. The Kier molecular flexibility index (Phi) is 4.24. The first-order valence-electron chi connectivity index (χ1n) is 6.47. The van der Waals surface area contributed by atoms with Crippen LogP contribution in [-0.4, -0.2) is 24.9 Å². The third-order valence-corrected chi connectivity index (χ3v) is 3.95. The van der Waals surface area contributed by atoms with Crippen LogP contribution >= 0.6 is 11.8 Å². The molecule has 0 unspecified atom stereocenters. The van der Waals surface area contributed by atoms with Crippen molar-refractivity contribution < 1.29 is 17.7 Å². The quantitative estimate of drug-likeness (QED) is 0.801. The fourth-order valence-electron chi connectivity index (χ4n) is 1.58. The Labute approximate surface area is 129 Å². The van der Waals surface area contributed by atoms with Gasteiger partial charge in [0.05, 0.1) is 5.25 Å². The summed E-state index contributed by atoms with van der Waals surface area (Å²) in [6.45, 7) is 7.58. The molecule has 0 radical (unpaired) electrons. The fourth-order valence-corrected chi connectivity index (χ4v) is 2.42. The van der Waals surface area contributed by atoms with Gasteiger partial charge in [-0.15, -0.1) is 10.2 Å². The molecule has 0 amide bonds. The van der Waals surface area contributed by atoms with Crippen LogP contribution in [0.4, 0.5) is 13.2 Å². The van der Waals surface area contributed by atoms with E-state index < -0.39 is 12.0 Å². The fraction of sp³-hybridized carbons (Fsp3) is 0.667. The second-order valence-corrected chi connectivity index (χ2v) is 7.14. The van der Waals surface area contributed by atoms with Crippen LogP contribution < -0.4 is 0 Å². The summed E-state index contributed by atoms with van der Waals surface area (Å²) in [6, 6.07) is 0. The molecule has 0 aromatic carbocycles. The van der Waals surface area contributed by atoms with E-state index in [4.69, 9.17) is 4.52 Å². The van der Waals surface area contributed by atoms with Gasteiger partial charge in [-0.3, -0.25) is 0 Å². The molecule has 0 aliphatic carbocycles. The van der Waals surface area contributed by atoms with Crippen LogP contribution in [0.15, 0.2) is 9.68 Å². The number of halogens is 3. The molecular weight excluding hydrogens is 319 g/mol. The van der Waals surface area contributed by atoms with Crippen molar-refractivity contribution in [1.29, 1.82) is 0 Å². The molecule has 122 valence electrons. The van der Waals surface area contributed by atoms with Crippen molar-refractivity contribution in [3.63, 3.8) is 0 Å². The third-order valence-electron chi connectivity index (χ3n) is 2.83. The molecule has 0 fully saturated rings. The van der Waals surface area contributed by atoms with Crippen molar-refractivity contribution >= 4 is 11.8 Å². The molecular formula is C12H16F3N5OS. The molecule has 0 aliphatic heterocycles. The molecule has 0 saturated carbocycles. The van der Waals surface area contributed by atoms with E-state index in [1.54, 1.807) is 6.92 Å². The largest absolute Gasteiger partial charge is 0.451 e. The minimum atomic E-state index is -4.53. The summed E-state index contributed by atoms with van der Waals surface area (Å²) in [5.74, 6) is -0.154. The summed E-state index contributed by atoms with van der Waals surface area (Å²) in [7, 11) is 1.27. The lowest BCUT2D eigenvalue weighted by atomic mass is 9.96. The molecule has 22 heavy (non-hydrogen) atoms. The first-order chi connectivity index (χ1) is 10.00. The molecule has 6 nitrogen and oxygen atoms in total. The maximum Gasteiger partial charge on any atom is 0.451 e. The van der Waals surface area contributed by atoms with Crippen LogP contribution in [0.2, 0.25) is 0 Å². The Hall–Kier alpha value is -1.58. The van der Waals surface area contributed by atoms with Crippen LogP contribution in [0, 0.1) is 0 Å². The second-order valence-electron chi connectivity index (χ2n) is 5.83. The van der Waals surface area contributed by atoms with Crippen molar-refractivity contribution in [3.8, 4) is 0 Å². The Morgan fingerprint density at radius 3 is 2.27 bits per heavy atom. The highest BCUT2D eigenvalue weighted by molar-refractivity contribution is 7.99. The van der Waals surface area contributed by atoms with Gasteiger partial charge in [-0.05, 0) is 6.92 Å². The average molecular weight is 335 g/mol. The van der Waals surface area contributed by atoms with E-state index in [-0.39, 0.29) is 15.8 Å². The van der Waals surface area contributed by atoms with Gasteiger partial charge in [0.1, 0.15) is 0 Å². The smallest absolute Gasteiger partial charge is 0.338 e. The summed E-state index contributed by atoms with van der Waals surface area (Å²) >= 11 is 1.08. The second kappa shape index (κ2) is 5.56. The number of hydrogen-bond acceptors (Lipinski definition) is 6. The van der Waals surface area contributed by atoms with Crippen molar-refractivity contribution in [2.75, 3.05) is 0 Å². The predicted octanol–water partition coefficient (Wildman–Crippen LogP) is 3.37. The normalized spacial score (nSPS) is 14.4. The van der Waals surface area contributed by atoms with Crippen LogP contribution in [0.1, 0.15) is 50.5 Å². The van der Waals surface area contributed by atoms with Gasteiger partial charge in [0.2, 0.25) is 11.7 Å². The summed E-state index contributed by atoms with van der Waals surface area (Å²) < 4.78 is 44.1. The number of thioether (sulfide) groups is 1. The minimum absolute atomic E-state index is 0.135. The van der Waals surface area contributed by atoms with E-state index in [1.807, 2.05) is 20.8 Å². The van der Waals surface area contributed by atoms with Gasteiger partial charge in [0.25, 0.3) is 0 Å². The summed E-state index contributed by atoms with van der Waals surface area (Å²) in [6.07, 6.45) is -4.53. The zero-order valence-corrected chi connectivity index (χ0v) is 13.6. The van der Waals surface area contributed by atoms with Crippen molar-refractivity contribution in [1.82, 2.24) is 24.9 Å². The monoisotopic (exact) mass is 335 g/mol. The Morgan fingerprint density at radius 1 is 1.18 bits per heavy atom. The van der Waals surface area contributed by atoms with Gasteiger partial charge in [-0.25, -0.2) is 0 Å². The topological polar surface area (TPSA) is 69.6 Å². The number of hydrogen-bond donors (Lipinski definition) is 0. The SMILES string of the molecule is C[C@H](Sc1nnc(C(F)(F)F)n1C)c1nc(C(C)(C)C)no1. The van der Waals surface area contributed by atoms with E-state index in [0.717, 1.165) is 16.3 Å². The minimum Gasteiger partial charge on any atom is -0.338 e. The Morgan fingerprint density at radius 2 is 1.82 bits per heavy atom. The molecule has 0 spiro atoms. The first-order valence-corrected chi connectivity index (χ1v) is 7.35. The maximum atomic E-state index is 12.7. The van der Waals surface area contributed by atoms with Gasteiger partial charge in [-0.1, -0.05) is 37.7 Å². The van der Waals surface area contributed by atoms with E-state index in [1.165, 1.54) is 7.05 Å². The van der Waals surface area contributed by atoms with Crippen molar-refractivity contribution in [2.24, 2.45) is 7.05 Å². The summed E-state index contributed by atoms with van der Waals surface area (Å²) in [5, 5.41) is 10.4. The highest BCUT2D eigenvalue weighted by atomic mass is 32.2. The zero-order chi connectivity index (χ0) is 16.7. The van der Waals surface area contributed by atoms with Crippen LogP contribution in [-0.2, 0) is 18.6 Å². The van der Waals surface area contributed by atoms with E-state index >= 15 is 0 Å². The van der Waals surface area contributed by atoms with Crippen LogP contribution in [0.3, 0.4) is 0 Å². The Balaban J connectivity index is 2.18. The van der Waals surface area contributed by atoms with E-state index in [9.17, 15) is 13.2 Å². The van der Waals surface area contributed by atoms with Gasteiger partial charge in [-0.2, -0.15) is 18.2 Å². The predicted molar refractivity (Wildman–Crippen MR) is 73.3 cm³/mol. The van der Waals surface area contributed by atoms with Crippen molar-refractivity contribution in [2.45, 2.75) is 49.7 Å². The number of rotatable bonds is 3. The summed E-state index contributed by atoms with van der Waals surface area (Å²) in [5.41, 5.74) is -0.264. The highest BCUT2D eigenvalue weighted by Gasteiger charge is 2.38. The number of aromatic nitrogens is 5. The molecule has 2 heterocycles. The molecule has 0 saturated heterocycles. The Bertz CT molecular complexity index is 659. The summed E-state index contributed by atoms with van der Waals surface area (Å²) in [4.78, 5) is 4.28. The molecule has 0 N–H and O–H groups in total. The lowest BCUT2D eigenvalue weighted by molar-refractivity contribution is -0.147. The number of alkyl halides is 3. The van der Waals surface area contributed by atoms with Crippen LogP contribution in [0.25, 0.3) is 0 Å². The number of nitrogens with zero attached hydrogens (tertiary/aromatic N) is 5. The molecule has 1 atom stereocenters. The van der Waals surface area contributed by atoms with E-state index in [2.05, 4.69) is 20.3 Å². The van der Waals surface area contributed by atoms with E-state index in [0.29, 0.717) is 11.7 Å².